The summed E-state index contributed by atoms with van der Waals surface area (Å²) in [6.45, 7) is 0. The molecule has 2 aliphatic rings. The van der Waals surface area contributed by atoms with Crippen molar-refractivity contribution in [3.63, 3.8) is 0 Å². The molecule has 0 aliphatic heterocycles. The molecule has 3 nitrogen and oxygen atoms in total. The van der Waals surface area contributed by atoms with Crippen molar-refractivity contribution in [1.82, 2.24) is 4.57 Å². The highest BCUT2D eigenvalue weighted by molar-refractivity contribution is 7.20. The Morgan fingerprint density at radius 2 is 1.28 bits per heavy atom. The molecule has 0 amide bonds. The molecular weight excluding hydrogens is 725 g/mol. The average Bonchev–Trinajstić information content (AvgIpc) is 3.96. The molecule has 7 aromatic carbocycles. The van der Waals surface area contributed by atoms with Crippen LogP contribution in [0.1, 0.15) is 34.6 Å². The van der Waals surface area contributed by atoms with Crippen molar-refractivity contribution in [2.75, 3.05) is 4.90 Å². The summed E-state index contributed by atoms with van der Waals surface area (Å²) in [5, 5.41) is 5.18. The first kappa shape index (κ1) is 33.3. The van der Waals surface area contributed by atoms with Gasteiger partial charge in [0.25, 0.3) is 0 Å². The van der Waals surface area contributed by atoms with E-state index < -0.39 is 0 Å². The largest absolute Gasteiger partial charge is 0.456 e. The van der Waals surface area contributed by atoms with Crippen LogP contribution in [0.25, 0.3) is 83.0 Å². The van der Waals surface area contributed by atoms with Crippen molar-refractivity contribution < 1.29 is 4.42 Å². The molecule has 12 rings (SSSR count). The predicted molar refractivity (Wildman–Crippen MR) is 245 cm³/mol. The fourth-order valence-corrected chi connectivity index (χ4v) is 10.7. The number of nitrogens with zero attached hydrogens (tertiary/aromatic N) is 2. The first-order valence-electron chi connectivity index (χ1n) is 20.3. The third kappa shape index (κ3) is 5.33. The number of fused-ring (bicyclic) bond motifs is 9. The molecular formula is C54H38N2OS. The number of para-hydroxylation sites is 2. The first-order valence-corrected chi connectivity index (χ1v) is 21.1. The van der Waals surface area contributed by atoms with E-state index in [9.17, 15) is 0 Å². The minimum atomic E-state index is 0.964. The summed E-state index contributed by atoms with van der Waals surface area (Å²) in [7, 11) is 0. The van der Waals surface area contributed by atoms with Gasteiger partial charge in [-0.2, -0.15) is 0 Å². The lowest BCUT2D eigenvalue weighted by Crippen LogP contribution is -2.18. The smallest absolute Gasteiger partial charge is 0.135 e. The van der Waals surface area contributed by atoms with Gasteiger partial charge in [0.05, 0.1) is 11.0 Å². The normalized spacial score (nSPS) is 13.6. The summed E-state index contributed by atoms with van der Waals surface area (Å²) in [4.78, 5) is 3.84. The topological polar surface area (TPSA) is 21.3 Å². The molecule has 0 spiro atoms. The van der Waals surface area contributed by atoms with Gasteiger partial charge in [-0.25, -0.2) is 0 Å². The van der Waals surface area contributed by atoms with Gasteiger partial charge in [-0.15, -0.1) is 11.3 Å². The minimum absolute atomic E-state index is 0.964. The molecule has 3 heterocycles. The van der Waals surface area contributed by atoms with E-state index >= 15 is 0 Å². The number of anilines is 2. The molecule has 58 heavy (non-hydrogen) atoms. The van der Waals surface area contributed by atoms with Crippen molar-refractivity contribution in [3.05, 3.63) is 197 Å². The zero-order valence-electron chi connectivity index (χ0n) is 31.9. The highest BCUT2D eigenvalue weighted by Crippen LogP contribution is 2.44. The molecule has 0 saturated heterocycles. The Hall–Kier alpha value is -6.88. The van der Waals surface area contributed by atoms with E-state index in [-0.39, 0.29) is 0 Å². The monoisotopic (exact) mass is 762 g/mol. The van der Waals surface area contributed by atoms with Gasteiger partial charge in [0.15, 0.2) is 0 Å². The number of furan rings is 1. The maximum absolute atomic E-state index is 6.30. The summed E-state index contributed by atoms with van der Waals surface area (Å²) in [6, 6.07) is 60.0. The Kier molecular flexibility index (Phi) is 7.67. The Morgan fingerprint density at radius 1 is 0.552 bits per heavy atom. The number of aryl methyl sites for hydroxylation is 2. The fourth-order valence-electron chi connectivity index (χ4n) is 9.50. The lowest BCUT2D eigenvalue weighted by Gasteiger charge is -2.30. The van der Waals surface area contributed by atoms with Crippen molar-refractivity contribution in [2.24, 2.45) is 0 Å². The van der Waals surface area contributed by atoms with Crippen LogP contribution in [0, 0.1) is 0 Å². The van der Waals surface area contributed by atoms with Crippen LogP contribution in [0.15, 0.2) is 180 Å². The SMILES string of the molecule is C1=Cc2oc3cccc(-c4ccc(N(C5=Cc6sc7ccccc7c6CC5)c5ccc(-c6ccc7c8ccccc8n(-c8ccccc8)c7c6)cc5)cc4)c3c2CC1. The van der Waals surface area contributed by atoms with E-state index in [0.717, 1.165) is 48.4 Å². The third-order valence-corrected chi connectivity index (χ3v) is 13.4. The second-order valence-corrected chi connectivity index (χ2v) is 16.6. The maximum Gasteiger partial charge on any atom is 0.135 e. The zero-order valence-corrected chi connectivity index (χ0v) is 32.7. The van der Waals surface area contributed by atoms with E-state index in [4.69, 9.17) is 4.42 Å². The summed E-state index contributed by atoms with van der Waals surface area (Å²) >= 11 is 1.91. The van der Waals surface area contributed by atoms with Crippen LogP contribution in [0.2, 0.25) is 0 Å². The molecule has 0 N–H and O–H groups in total. The molecule has 0 atom stereocenters. The number of allylic oxidation sites excluding steroid dienone is 2. The minimum Gasteiger partial charge on any atom is -0.456 e. The van der Waals surface area contributed by atoms with Crippen LogP contribution in [-0.2, 0) is 12.8 Å². The molecule has 0 unspecified atom stereocenters. The zero-order chi connectivity index (χ0) is 38.2. The molecule has 0 radical (unpaired) electrons. The van der Waals surface area contributed by atoms with Crippen LogP contribution < -0.4 is 4.90 Å². The first-order chi connectivity index (χ1) is 28.7. The average molecular weight is 763 g/mol. The van der Waals surface area contributed by atoms with Crippen LogP contribution in [0.4, 0.5) is 11.4 Å². The van der Waals surface area contributed by atoms with Gasteiger partial charge in [0.1, 0.15) is 11.3 Å². The number of rotatable bonds is 6. The molecule has 0 saturated carbocycles. The Bertz CT molecular complexity index is 3270. The second kappa shape index (κ2) is 13.4. The second-order valence-electron chi connectivity index (χ2n) is 15.5. The molecule has 0 bridgehead atoms. The Balaban J connectivity index is 0.957. The number of hydrogen-bond acceptors (Lipinski definition) is 3. The van der Waals surface area contributed by atoms with Gasteiger partial charge in [-0.05, 0) is 132 Å². The summed E-state index contributed by atoms with van der Waals surface area (Å²) in [6.07, 6.45) is 10.8. The summed E-state index contributed by atoms with van der Waals surface area (Å²) in [5.74, 6) is 1.00. The molecule has 276 valence electrons. The van der Waals surface area contributed by atoms with E-state index in [1.165, 1.54) is 86.9 Å². The van der Waals surface area contributed by atoms with Gasteiger partial charge >= 0.3 is 0 Å². The van der Waals surface area contributed by atoms with Crippen molar-refractivity contribution in [1.29, 1.82) is 0 Å². The van der Waals surface area contributed by atoms with Crippen molar-refractivity contribution in [2.45, 2.75) is 25.7 Å². The molecule has 4 heteroatoms. The quantitative estimate of drug-likeness (QED) is 0.168. The van der Waals surface area contributed by atoms with Crippen LogP contribution in [0.3, 0.4) is 0 Å². The molecule has 0 fully saturated rings. The lowest BCUT2D eigenvalue weighted by atomic mass is 9.94. The van der Waals surface area contributed by atoms with Gasteiger partial charge in [0, 0.05) is 54.1 Å². The predicted octanol–water partition coefficient (Wildman–Crippen LogP) is 15.2. The Morgan fingerprint density at radius 3 is 2.12 bits per heavy atom. The van der Waals surface area contributed by atoms with Crippen LogP contribution >= 0.6 is 11.3 Å². The van der Waals surface area contributed by atoms with E-state index in [1.54, 1.807) is 0 Å². The van der Waals surface area contributed by atoms with Gasteiger partial charge in [-0.1, -0.05) is 109 Å². The summed E-state index contributed by atoms with van der Waals surface area (Å²) in [5.41, 5.74) is 15.8. The summed E-state index contributed by atoms with van der Waals surface area (Å²) < 4.78 is 10.1. The van der Waals surface area contributed by atoms with Crippen molar-refractivity contribution in [3.8, 4) is 27.9 Å². The van der Waals surface area contributed by atoms with E-state index in [1.807, 2.05) is 11.3 Å². The molecule has 3 aromatic heterocycles. The van der Waals surface area contributed by atoms with Gasteiger partial charge in [-0.3, -0.25) is 0 Å². The highest BCUT2D eigenvalue weighted by atomic mass is 32.1. The number of benzene rings is 7. The molecule has 10 aromatic rings. The third-order valence-electron chi connectivity index (χ3n) is 12.2. The maximum atomic E-state index is 6.30. The molecule has 2 aliphatic carbocycles. The number of aromatic nitrogens is 1. The number of thiophene rings is 1. The fraction of sp³-hybridized carbons (Fsp3) is 0.0741. The highest BCUT2D eigenvalue weighted by Gasteiger charge is 2.24. The number of hydrogen-bond donors (Lipinski definition) is 0. The van der Waals surface area contributed by atoms with E-state index in [2.05, 4.69) is 191 Å². The van der Waals surface area contributed by atoms with Crippen LogP contribution in [0.5, 0.6) is 0 Å². The van der Waals surface area contributed by atoms with E-state index in [0.29, 0.717) is 0 Å². The standard InChI is InChI=1S/C54H38N2OS/c1-2-11-38(12-3-1)56-48-17-7-4-13-43(48)44-31-25-37(33-49(44)56)35-21-26-39(27-22-35)55(41-30-32-46-45-14-6-9-20-52(45)58-53(46)34-41)40-28-23-36(24-29-40)42-16-10-19-51-54(42)47-15-5-8-18-50(47)57-51/h1-4,6-14,16-29,31,33-34H,5,15,30,32H2. The Labute approximate surface area is 341 Å². The lowest BCUT2D eigenvalue weighted by molar-refractivity contribution is 0.595. The van der Waals surface area contributed by atoms with Gasteiger partial charge < -0.3 is 13.9 Å². The van der Waals surface area contributed by atoms with Crippen LogP contribution in [-0.4, -0.2) is 4.57 Å². The van der Waals surface area contributed by atoms with Gasteiger partial charge in [0.2, 0.25) is 0 Å². The van der Waals surface area contributed by atoms with Crippen molar-refractivity contribution >= 4 is 77.7 Å².